The van der Waals surface area contributed by atoms with Gasteiger partial charge in [-0.1, -0.05) is 6.92 Å². The first-order valence-corrected chi connectivity index (χ1v) is 14.0. The highest BCUT2D eigenvalue weighted by molar-refractivity contribution is 7.18. The highest BCUT2D eigenvalue weighted by atomic mass is 32.1. The molecular formula is C28H34N6OS. The van der Waals surface area contributed by atoms with Gasteiger partial charge in [0.25, 0.3) is 0 Å². The van der Waals surface area contributed by atoms with Crippen molar-refractivity contribution < 1.29 is 4.74 Å². The van der Waals surface area contributed by atoms with E-state index >= 15 is 0 Å². The number of piperidine rings is 1. The zero-order valence-corrected chi connectivity index (χ0v) is 22.0. The van der Waals surface area contributed by atoms with Crippen molar-refractivity contribution >= 4 is 33.1 Å². The summed E-state index contributed by atoms with van der Waals surface area (Å²) >= 11 is 1.79. The van der Waals surface area contributed by atoms with E-state index in [1.807, 2.05) is 18.2 Å². The lowest BCUT2D eigenvalue weighted by Crippen LogP contribution is -2.46. The third-order valence-corrected chi connectivity index (χ3v) is 9.42. The molecule has 2 saturated heterocycles. The SMILES string of the molecule is CCc1cc2c(N3CCC4(CC(Nc5ccc(C#N)c(OC6CCN(C)CC6)c5)C4)C3)ncnc2s1. The van der Waals surface area contributed by atoms with Crippen LogP contribution in [-0.4, -0.2) is 60.2 Å². The molecule has 2 aromatic heterocycles. The number of benzene rings is 1. The number of aromatic nitrogens is 2. The Labute approximate surface area is 217 Å². The summed E-state index contributed by atoms with van der Waals surface area (Å²) in [5.74, 6) is 1.82. The Balaban J connectivity index is 1.09. The molecule has 2 aliphatic heterocycles. The average Bonchev–Trinajstić information content (AvgIpc) is 3.50. The van der Waals surface area contributed by atoms with Gasteiger partial charge in [0.2, 0.25) is 0 Å². The molecule has 7 nitrogen and oxygen atoms in total. The van der Waals surface area contributed by atoms with Crippen molar-refractivity contribution in [2.24, 2.45) is 5.41 Å². The van der Waals surface area contributed by atoms with E-state index in [1.54, 1.807) is 17.7 Å². The number of anilines is 2. The van der Waals surface area contributed by atoms with E-state index in [4.69, 9.17) is 4.74 Å². The summed E-state index contributed by atoms with van der Waals surface area (Å²) in [4.78, 5) is 16.5. The van der Waals surface area contributed by atoms with Crippen LogP contribution in [0.1, 0.15) is 49.5 Å². The number of likely N-dealkylation sites (tertiary alicyclic amines) is 1. The minimum atomic E-state index is 0.185. The van der Waals surface area contributed by atoms with Gasteiger partial charge in [-0.05, 0) is 69.2 Å². The van der Waals surface area contributed by atoms with Crippen molar-refractivity contribution in [3.8, 4) is 11.8 Å². The Bertz CT molecular complexity index is 1280. The highest BCUT2D eigenvalue weighted by Gasteiger charge is 2.49. The highest BCUT2D eigenvalue weighted by Crippen LogP contribution is 2.50. The van der Waals surface area contributed by atoms with Gasteiger partial charge in [0.1, 0.15) is 34.9 Å². The number of nitriles is 1. The molecule has 36 heavy (non-hydrogen) atoms. The van der Waals surface area contributed by atoms with E-state index in [1.165, 1.54) is 16.7 Å². The number of nitrogens with one attached hydrogen (secondary N) is 1. The molecule has 1 aliphatic carbocycles. The van der Waals surface area contributed by atoms with Gasteiger partial charge in [-0.15, -0.1) is 11.3 Å². The number of hydrogen-bond donors (Lipinski definition) is 1. The molecule has 0 bridgehead atoms. The van der Waals surface area contributed by atoms with Crippen LogP contribution < -0.4 is 15.0 Å². The van der Waals surface area contributed by atoms with E-state index in [-0.39, 0.29) is 6.10 Å². The molecular weight excluding hydrogens is 468 g/mol. The number of hydrogen-bond acceptors (Lipinski definition) is 8. The van der Waals surface area contributed by atoms with Crippen molar-refractivity contribution in [1.82, 2.24) is 14.9 Å². The van der Waals surface area contributed by atoms with Crippen LogP contribution in [0.3, 0.4) is 0 Å². The maximum absolute atomic E-state index is 9.59. The largest absolute Gasteiger partial charge is 0.489 e. The lowest BCUT2D eigenvalue weighted by Gasteiger charge is -2.46. The smallest absolute Gasteiger partial charge is 0.140 e. The molecule has 0 unspecified atom stereocenters. The normalized spacial score (nSPS) is 24.7. The third-order valence-electron chi connectivity index (χ3n) is 8.24. The maximum atomic E-state index is 9.59. The van der Waals surface area contributed by atoms with E-state index in [0.717, 1.165) is 74.6 Å². The monoisotopic (exact) mass is 502 g/mol. The average molecular weight is 503 g/mol. The van der Waals surface area contributed by atoms with Crippen molar-refractivity contribution in [1.29, 1.82) is 5.26 Å². The topological polar surface area (TPSA) is 77.3 Å². The van der Waals surface area contributed by atoms with E-state index < -0.39 is 0 Å². The maximum Gasteiger partial charge on any atom is 0.140 e. The van der Waals surface area contributed by atoms with Crippen LogP contribution in [0.4, 0.5) is 11.5 Å². The Kier molecular flexibility index (Phi) is 6.22. The van der Waals surface area contributed by atoms with Gasteiger partial charge >= 0.3 is 0 Å². The molecule has 4 heterocycles. The number of nitrogens with zero attached hydrogens (tertiary/aromatic N) is 5. The summed E-state index contributed by atoms with van der Waals surface area (Å²) in [5.41, 5.74) is 2.03. The zero-order chi connectivity index (χ0) is 24.7. The van der Waals surface area contributed by atoms with Crippen molar-refractivity contribution in [3.63, 3.8) is 0 Å². The standard InChI is InChI=1S/C28H34N6OS/c1-3-23-13-24-26(30-18-31-27(24)36-23)34-11-8-28(17-34)14-21(15-28)32-20-5-4-19(16-29)25(12-20)35-22-6-9-33(2)10-7-22/h4-5,12-13,18,21-22,32H,3,6-11,14-15,17H2,1-2H3. The molecule has 188 valence electrons. The number of ether oxygens (including phenoxy) is 1. The fourth-order valence-electron chi connectivity index (χ4n) is 6.18. The van der Waals surface area contributed by atoms with Crippen LogP contribution in [0.25, 0.3) is 10.2 Å². The van der Waals surface area contributed by atoms with Gasteiger partial charge in [0, 0.05) is 48.9 Å². The molecule has 0 radical (unpaired) electrons. The Morgan fingerprint density at radius 1 is 1.19 bits per heavy atom. The van der Waals surface area contributed by atoms with E-state index in [0.29, 0.717) is 22.8 Å². The fraction of sp³-hybridized carbons (Fsp3) is 0.536. The fourth-order valence-corrected chi connectivity index (χ4v) is 7.11. The van der Waals surface area contributed by atoms with Gasteiger partial charge in [0.15, 0.2) is 0 Å². The Morgan fingerprint density at radius 2 is 2.03 bits per heavy atom. The first kappa shape index (κ1) is 23.5. The van der Waals surface area contributed by atoms with Crippen LogP contribution >= 0.6 is 11.3 Å². The van der Waals surface area contributed by atoms with Crippen LogP contribution in [-0.2, 0) is 6.42 Å². The van der Waals surface area contributed by atoms with Crippen molar-refractivity contribution in [2.75, 3.05) is 43.4 Å². The molecule has 3 aromatic rings. The summed E-state index contributed by atoms with van der Waals surface area (Å²) in [6, 6.07) is 11.0. The van der Waals surface area contributed by atoms with E-state index in [9.17, 15) is 5.26 Å². The van der Waals surface area contributed by atoms with Crippen LogP contribution in [0, 0.1) is 16.7 Å². The molecule has 0 atom stereocenters. The summed E-state index contributed by atoms with van der Waals surface area (Å²) < 4.78 is 6.29. The molecule has 1 saturated carbocycles. The van der Waals surface area contributed by atoms with Gasteiger partial charge in [-0.25, -0.2) is 9.97 Å². The Hall–Kier alpha value is -2.89. The first-order valence-electron chi connectivity index (χ1n) is 13.2. The minimum absolute atomic E-state index is 0.185. The number of thiophene rings is 1. The Morgan fingerprint density at radius 3 is 2.81 bits per heavy atom. The lowest BCUT2D eigenvalue weighted by molar-refractivity contribution is 0.114. The van der Waals surface area contributed by atoms with E-state index in [2.05, 4.69) is 51.2 Å². The van der Waals surface area contributed by atoms with Crippen molar-refractivity contribution in [2.45, 2.75) is 57.6 Å². The summed E-state index contributed by atoms with van der Waals surface area (Å²) in [6.07, 6.45) is 8.48. The second kappa shape index (κ2) is 9.53. The zero-order valence-electron chi connectivity index (χ0n) is 21.2. The molecule has 1 aromatic carbocycles. The van der Waals surface area contributed by atoms with Crippen LogP contribution in [0.15, 0.2) is 30.6 Å². The van der Waals surface area contributed by atoms with Gasteiger partial charge < -0.3 is 19.9 Å². The second-order valence-electron chi connectivity index (χ2n) is 10.8. The second-order valence-corrected chi connectivity index (χ2v) is 12.0. The first-order chi connectivity index (χ1) is 17.5. The van der Waals surface area contributed by atoms with Crippen LogP contribution in [0.5, 0.6) is 5.75 Å². The number of fused-ring (bicyclic) bond motifs is 1. The van der Waals surface area contributed by atoms with Gasteiger partial charge in [-0.2, -0.15) is 5.26 Å². The summed E-state index contributed by atoms with van der Waals surface area (Å²) in [5, 5.41) is 14.5. The minimum Gasteiger partial charge on any atom is -0.489 e. The summed E-state index contributed by atoms with van der Waals surface area (Å²) in [6.45, 7) is 6.40. The summed E-state index contributed by atoms with van der Waals surface area (Å²) in [7, 11) is 2.15. The van der Waals surface area contributed by atoms with Gasteiger partial charge in [-0.3, -0.25) is 0 Å². The van der Waals surface area contributed by atoms with Crippen molar-refractivity contribution in [3.05, 3.63) is 41.0 Å². The molecule has 1 spiro atoms. The predicted octanol–water partition coefficient (Wildman–Crippen LogP) is 5.07. The predicted molar refractivity (Wildman–Crippen MR) is 145 cm³/mol. The van der Waals surface area contributed by atoms with Gasteiger partial charge in [0.05, 0.1) is 10.9 Å². The molecule has 3 fully saturated rings. The quantitative estimate of drug-likeness (QED) is 0.504. The third kappa shape index (κ3) is 4.51. The molecule has 3 aliphatic rings. The number of aryl methyl sites for hydroxylation is 1. The van der Waals surface area contributed by atoms with Crippen LogP contribution in [0.2, 0.25) is 0 Å². The number of rotatable bonds is 6. The molecule has 0 amide bonds. The molecule has 8 heteroatoms. The molecule has 1 N–H and O–H groups in total. The molecule has 6 rings (SSSR count). The lowest BCUT2D eigenvalue weighted by atomic mass is 9.65.